The smallest absolute Gasteiger partial charge is 0.188 e. The number of nitrogens with zero attached hydrogens (tertiary/aromatic N) is 2. The summed E-state index contributed by atoms with van der Waals surface area (Å²) in [6.45, 7) is 7.79. The van der Waals surface area contributed by atoms with Crippen LogP contribution in [0, 0.1) is 6.57 Å². The molecule has 0 aliphatic carbocycles. The second kappa shape index (κ2) is 10.7. The Balaban J connectivity index is 1.52. The zero-order valence-electron chi connectivity index (χ0n) is 25.5. The molecule has 0 fully saturated rings. The molecule has 220 valence electrons. The number of aromatic nitrogens is 1. The fourth-order valence-electron chi connectivity index (χ4n) is 7.56. The van der Waals surface area contributed by atoms with E-state index in [1.807, 2.05) is 18.2 Å². The number of fused-ring (bicyclic) bond motifs is 6. The fraction of sp³-hybridized carbons (Fsp3) is 0. The molecular weight excluding hydrogens is 589 g/mol. The Hall–Kier alpha value is -6.15. The van der Waals surface area contributed by atoms with Gasteiger partial charge in [0.25, 0.3) is 0 Å². The molecule has 3 nitrogen and oxygen atoms in total. The Bertz CT molecular complexity index is 2480. The molecule has 0 amide bonds. The van der Waals surface area contributed by atoms with Gasteiger partial charge < -0.3 is 8.98 Å². The van der Waals surface area contributed by atoms with Gasteiger partial charge in [0.2, 0.25) is 0 Å². The Labute approximate surface area is 273 Å². The van der Waals surface area contributed by atoms with Crippen molar-refractivity contribution in [2.75, 3.05) is 0 Å². The SMILES string of the molecule is [C-]#[N+]c1ccc2oc3c([Si](c4ccccc4)(c4ccccc4)c4ccccc4)cc(-n4c5ccccc5c5ccccc54)cc3c2c1. The van der Waals surface area contributed by atoms with Crippen LogP contribution in [0.25, 0.3) is 54.3 Å². The van der Waals surface area contributed by atoms with Crippen LogP contribution in [0.2, 0.25) is 0 Å². The Morgan fingerprint density at radius 1 is 0.489 bits per heavy atom. The summed E-state index contributed by atoms with van der Waals surface area (Å²) < 4.78 is 9.32. The number of rotatable bonds is 5. The maximum absolute atomic E-state index is 7.79. The molecule has 0 unspecified atom stereocenters. The molecule has 2 aromatic heterocycles. The predicted molar refractivity (Wildman–Crippen MR) is 198 cm³/mol. The number of furan rings is 1. The van der Waals surface area contributed by atoms with Gasteiger partial charge in [-0.1, -0.05) is 133 Å². The quantitative estimate of drug-likeness (QED) is 0.108. The normalized spacial score (nSPS) is 11.8. The van der Waals surface area contributed by atoms with Crippen LogP contribution in [0.1, 0.15) is 0 Å². The van der Waals surface area contributed by atoms with Crippen molar-refractivity contribution in [3.05, 3.63) is 181 Å². The van der Waals surface area contributed by atoms with E-state index in [1.165, 1.54) is 31.5 Å². The maximum atomic E-state index is 7.79. The van der Waals surface area contributed by atoms with Crippen LogP contribution < -0.4 is 20.7 Å². The third-order valence-electron chi connectivity index (χ3n) is 9.53. The van der Waals surface area contributed by atoms with E-state index < -0.39 is 8.07 Å². The number of hydrogen-bond acceptors (Lipinski definition) is 1. The Morgan fingerprint density at radius 2 is 1.00 bits per heavy atom. The van der Waals surface area contributed by atoms with Gasteiger partial charge in [-0.3, -0.25) is 0 Å². The van der Waals surface area contributed by atoms with Crippen LogP contribution in [0.3, 0.4) is 0 Å². The Kier molecular flexibility index (Phi) is 6.21. The minimum Gasteiger partial charge on any atom is -0.456 e. The molecule has 0 bridgehead atoms. The van der Waals surface area contributed by atoms with Crippen molar-refractivity contribution >= 4 is 78.3 Å². The summed E-state index contributed by atoms with van der Waals surface area (Å²) in [6, 6.07) is 60.6. The van der Waals surface area contributed by atoms with Crippen LogP contribution in [0.4, 0.5) is 5.69 Å². The molecule has 4 heteroatoms. The van der Waals surface area contributed by atoms with Gasteiger partial charge in [0, 0.05) is 27.2 Å². The number of para-hydroxylation sites is 2. The van der Waals surface area contributed by atoms with E-state index in [0.717, 1.165) is 38.7 Å². The van der Waals surface area contributed by atoms with E-state index in [0.29, 0.717) is 5.69 Å². The highest BCUT2D eigenvalue weighted by molar-refractivity contribution is 7.20. The van der Waals surface area contributed by atoms with Crippen LogP contribution in [0.5, 0.6) is 0 Å². The van der Waals surface area contributed by atoms with E-state index in [1.54, 1.807) is 0 Å². The van der Waals surface area contributed by atoms with Gasteiger partial charge in [-0.15, -0.1) is 0 Å². The summed E-state index contributed by atoms with van der Waals surface area (Å²) in [4.78, 5) is 3.79. The molecular formula is C43H28N2OSi. The van der Waals surface area contributed by atoms with E-state index in [2.05, 4.69) is 161 Å². The van der Waals surface area contributed by atoms with E-state index in [4.69, 9.17) is 11.0 Å². The van der Waals surface area contributed by atoms with E-state index >= 15 is 0 Å². The molecule has 0 aliphatic heterocycles. The fourth-order valence-corrected chi connectivity index (χ4v) is 12.5. The summed E-state index contributed by atoms with van der Waals surface area (Å²) >= 11 is 0. The summed E-state index contributed by atoms with van der Waals surface area (Å²) in [5.74, 6) is 0. The van der Waals surface area contributed by atoms with Crippen molar-refractivity contribution in [3.8, 4) is 5.69 Å². The predicted octanol–water partition coefficient (Wildman–Crippen LogP) is 8.61. The third kappa shape index (κ3) is 4.04. The first-order valence-corrected chi connectivity index (χ1v) is 17.8. The van der Waals surface area contributed by atoms with Crippen molar-refractivity contribution in [2.24, 2.45) is 0 Å². The molecule has 0 saturated carbocycles. The minimum atomic E-state index is -3.00. The standard InChI is InChI=1S/C43H28N2OSi/c1-44-30-25-26-41-37(27-30)38-28-31(45-39-23-13-11-21-35(39)36-22-12-14-24-40(36)45)29-42(43(38)46-41)47(32-15-5-2-6-16-32,33-17-7-3-8-18-33)34-19-9-4-10-20-34/h2-29H. The average molecular weight is 617 g/mol. The van der Waals surface area contributed by atoms with Gasteiger partial charge in [0.1, 0.15) is 11.2 Å². The molecule has 0 N–H and O–H groups in total. The van der Waals surface area contributed by atoms with Gasteiger partial charge in [0.15, 0.2) is 13.8 Å². The highest BCUT2D eigenvalue weighted by Gasteiger charge is 2.44. The van der Waals surface area contributed by atoms with Crippen LogP contribution in [-0.4, -0.2) is 12.6 Å². The first kappa shape index (κ1) is 27.2. The van der Waals surface area contributed by atoms with Crippen LogP contribution in [-0.2, 0) is 0 Å². The molecule has 0 saturated heterocycles. The highest BCUT2D eigenvalue weighted by Crippen LogP contribution is 2.37. The van der Waals surface area contributed by atoms with Crippen LogP contribution in [0.15, 0.2) is 174 Å². The average Bonchev–Trinajstić information content (AvgIpc) is 3.69. The van der Waals surface area contributed by atoms with E-state index in [-0.39, 0.29) is 0 Å². The van der Waals surface area contributed by atoms with Crippen LogP contribution >= 0.6 is 0 Å². The molecule has 2 heterocycles. The summed E-state index contributed by atoms with van der Waals surface area (Å²) in [6.07, 6.45) is 0. The lowest BCUT2D eigenvalue weighted by Crippen LogP contribution is -2.74. The summed E-state index contributed by atoms with van der Waals surface area (Å²) in [5, 5.41) is 9.41. The minimum absolute atomic E-state index is 0.599. The highest BCUT2D eigenvalue weighted by atomic mass is 28.3. The molecule has 0 aliphatic rings. The first-order valence-electron chi connectivity index (χ1n) is 15.8. The molecule has 9 aromatic rings. The molecule has 47 heavy (non-hydrogen) atoms. The van der Waals surface area contributed by atoms with Gasteiger partial charge in [-0.05, 0) is 57.1 Å². The number of benzene rings is 7. The zero-order chi connectivity index (χ0) is 31.4. The largest absolute Gasteiger partial charge is 0.456 e. The lowest BCUT2D eigenvalue weighted by molar-refractivity contribution is 0.671. The third-order valence-corrected chi connectivity index (χ3v) is 14.3. The van der Waals surface area contributed by atoms with Crippen molar-refractivity contribution < 1.29 is 4.42 Å². The zero-order valence-corrected chi connectivity index (χ0v) is 26.5. The van der Waals surface area contributed by atoms with Gasteiger partial charge in [-0.25, -0.2) is 4.85 Å². The van der Waals surface area contributed by atoms with Crippen molar-refractivity contribution in [3.63, 3.8) is 0 Å². The second-order valence-corrected chi connectivity index (χ2v) is 15.8. The number of hydrogen-bond donors (Lipinski definition) is 0. The lowest BCUT2D eigenvalue weighted by Gasteiger charge is -2.34. The topological polar surface area (TPSA) is 22.4 Å². The van der Waals surface area contributed by atoms with Crippen molar-refractivity contribution in [1.82, 2.24) is 4.57 Å². The van der Waals surface area contributed by atoms with Crippen molar-refractivity contribution in [2.45, 2.75) is 0 Å². The van der Waals surface area contributed by atoms with Gasteiger partial charge >= 0.3 is 0 Å². The molecule has 0 radical (unpaired) electrons. The summed E-state index contributed by atoms with van der Waals surface area (Å²) in [5.41, 5.74) is 5.63. The second-order valence-electron chi connectivity index (χ2n) is 12.0. The molecule has 7 aromatic carbocycles. The lowest BCUT2D eigenvalue weighted by atomic mass is 10.1. The maximum Gasteiger partial charge on any atom is 0.188 e. The van der Waals surface area contributed by atoms with Gasteiger partial charge in [0.05, 0.1) is 17.6 Å². The molecule has 9 rings (SSSR count). The monoisotopic (exact) mass is 616 g/mol. The molecule has 0 spiro atoms. The van der Waals surface area contributed by atoms with Gasteiger partial charge in [-0.2, -0.15) is 0 Å². The van der Waals surface area contributed by atoms with E-state index in [9.17, 15) is 0 Å². The van der Waals surface area contributed by atoms with Crippen molar-refractivity contribution in [1.29, 1.82) is 0 Å². The molecule has 0 atom stereocenters. The Morgan fingerprint density at radius 3 is 1.53 bits per heavy atom. The summed E-state index contributed by atoms with van der Waals surface area (Å²) in [7, 11) is -3.00. The first-order chi connectivity index (χ1) is 23.3.